The molecule has 0 saturated carbocycles. The van der Waals surface area contributed by atoms with Crippen LogP contribution in [0.4, 0.5) is 0 Å². The molecule has 0 bridgehead atoms. The third kappa shape index (κ3) is 5.90. The molecular formula is C15H14ClN3O3S. The van der Waals surface area contributed by atoms with Crippen LogP contribution in [-0.2, 0) is 11.3 Å². The first-order valence-corrected chi connectivity index (χ1v) is 7.79. The van der Waals surface area contributed by atoms with Gasteiger partial charge in [-0.2, -0.15) is 0 Å². The lowest BCUT2D eigenvalue weighted by Gasteiger charge is -2.20. The fourth-order valence-corrected chi connectivity index (χ4v) is 2.89. The van der Waals surface area contributed by atoms with Crippen LogP contribution >= 0.6 is 23.5 Å². The van der Waals surface area contributed by atoms with Crippen molar-refractivity contribution in [2.24, 2.45) is 5.29 Å². The highest BCUT2D eigenvalue weighted by atomic mass is 35.5. The molecule has 0 aliphatic carbocycles. The summed E-state index contributed by atoms with van der Waals surface area (Å²) in [5, 5.41) is 12.3. The van der Waals surface area contributed by atoms with E-state index in [1.165, 1.54) is 11.9 Å². The van der Waals surface area contributed by atoms with Crippen LogP contribution in [0.5, 0.6) is 5.75 Å². The summed E-state index contributed by atoms with van der Waals surface area (Å²) in [5.74, 6) is -0.332. The standard InChI is InChI=1S/C15H14ClN3O3S/c16-12-3-1-11(2-4-12)9-19(10-15(21)17-18-22)23-14-7-5-13(20)6-8-14/h1-8,20H,9-10H2,(H,17,21,22). The Morgan fingerprint density at radius 2 is 1.83 bits per heavy atom. The van der Waals surface area contributed by atoms with Crippen LogP contribution in [0.2, 0.25) is 5.02 Å². The average molecular weight is 352 g/mol. The Balaban J connectivity index is 2.09. The zero-order chi connectivity index (χ0) is 16.7. The third-order valence-electron chi connectivity index (χ3n) is 2.83. The van der Waals surface area contributed by atoms with Crippen LogP contribution in [0.15, 0.2) is 58.7 Å². The summed E-state index contributed by atoms with van der Waals surface area (Å²) in [6.07, 6.45) is 0. The Morgan fingerprint density at radius 1 is 1.17 bits per heavy atom. The third-order valence-corrected chi connectivity index (χ3v) is 4.09. The minimum atomic E-state index is -0.500. The number of halogens is 1. The molecule has 8 heteroatoms. The van der Waals surface area contributed by atoms with Gasteiger partial charge in [0.2, 0.25) is 0 Å². The summed E-state index contributed by atoms with van der Waals surface area (Å²) in [7, 11) is 0. The van der Waals surface area contributed by atoms with E-state index >= 15 is 0 Å². The lowest BCUT2D eigenvalue weighted by atomic mass is 10.2. The van der Waals surface area contributed by atoms with Crippen molar-refractivity contribution >= 4 is 29.5 Å². The van der Waals surface area contributed by atoms with Gasteiger partial charge in [0.25, 0.3) is 5.91 Å². The van der Waals surface area contributed by atoms with E-state index in [1.54, 1.807) is 40.7 Å². The number of benzene rings is 2. The maximum Gasteiger partial charge on any atom is 0.257 e. The van der Waals surface area contributed by atoms with Gasteiger partial charge in [0.05, 0.1) is 11.8 Å². The number of phenolic OH excluding ortho intramolecular Hbond substituents is 1. The summed E-state index contributed by atoms with van der Waals surface area (Å²) in [6, 6.07) is 13.9. The topological polar surface area (TPSA) is 82.0 Å². The van der Waals surface area contributed by atoms with E-state index in [9.17, 15) is 14.8 Å². The van der Waals surface area contributed by atoms with E-state index in [0.717, 1.165) is 10.5 Å². The number of hydrogen-bond acceptors (Lipinski definition) is 6. The van der Waals surface area contributed by atoms with Crippen LogP contribution in [-0.4, -0.2) is 21.9 Å². The fraction of sp³-hybridized carbons (Fsp3) is 0.133. The molecule has 120 valence electrons. The van der Waals surface area contributed by atoms with E-state index in [-0.39, 0.29) is 12.3 Å². The Labute approximate surface area is 142 Å². The molecular weight excluding hydrogens is 338 g/mol. The molecule has 0 unspecified atom stereocenters. The first-order chi connectivity index (χ1) is 11.1. The zero-order valence-electron chi connectivity index (χ0n) is 12.0. The maximum absolute atomic E-state index is 11.6. The van der Waals surface area contributed by atoms with Gasteiger partial charge in [-0.15, -0.1) is 4.91 Å². The van der Waals surface area contributed by atoms with Crippen LogP contribution in [0.1, 0.15) is 5.56 Å². The minimum absolute atomic E-state index is 0.0140. The molecule has 0 fully saturated rings. The lowest BCUT2D eigenvalue weighted by Crippen LogP contribution is -2.30. The van der Waals surface area contributed by atoms with Crippen molar-refractivity contribution in [3.05, 3.63) is 64.0 Å². The molecule has 2 rings (SSSR count). The van der Waals surface area contributed by atoms with Crippen molar-refractivity contribution in [3.63, 3.8) is 0 Å². The highest BCUT2D eigenvalue weighted by Crippen LogP contribution is 2.26. The molecule has 0 spiro atoms. The van der Waals surface area contributed by atoms with Crippen LogP contribution < -0.4 is 5.43 Å². The largest absolute Gasteiger partial charge is 0.508 e. The van der Waals surface area contributed by atoms with Gasteiger partial charge >= 0.3 is 0 Å². The second kappa shape index (κ2) is 8.52. The van der Waals surface area contributed by atoms with Crippen LogP contribution in [0.3, 0.4) is 0 Å². The highest BCUT2D eigenvalue weighted by molar-refractivity contribution is 7.97. The second-order valence-corrected chi connectivity index (χ2v) is 6.24. The van der Waals surface area contributed by atoms with Crippen molar-refractivity contribution in [2.75, 3.05) is 6.54 Å². The lowest BCUT2D eigenvalue weighted by molar-refractivity contribution is -0.121. The van der Waals surface area contributed by atoms with Gasteiger partial charge in [-0.05, 0) is 53.9 Å². The molecule has 0 aliphatic heterocycles. The molecule has 2 aromatic rings. The predicted molar refractivity (Wildman–Crippen MR) is 89.8 cm³/mol. The number of nitrogens with zero attached hydrogens (tertiary/aromatic N) is 2. The van der Waals surface area contributed by atoms with Crippen molar-refractivity contribution in [1.29, 1.82) is 0 Å². The average Bonchev–Trinajstić information content (AvgIpc) is 2.52. The van der Waals surface area contributed by atoms with Crippen molar-refractivity contribution in [1.82, 2.24) is 9.73 Å². The number of aromatic hydroxyl groups is 1. The molecule has 2 aromatic carbocycles. The van der Waals surface area contributed by atoms with Gasteiger partial charge in [0.15, 0.2) is 0 Å². The van der Waals surface area contributed by atoms with Crippen molar-refractivity contribution in [3.8, 4) is 5.75 Å². The molecule has 0 heterocycles. The van der Waals surface area contributed by atoms with Gasteiger partial charge in [-0.25, -0.2) is 9.73 Å². The minimum Gasteiger partial charge on any atom is -0.508 e. The Hall–Kier alpha value is -2.09. The normalized spacial score (nSPS) is 10.5. The number of phenols is 1. The zero-order valence-corrected chi connectivity index (χ0v) is 13.5. The van der Waals surface area contributed by atoms with E-state index in [0.29, 0.717) is 11.6 Å². The predicted octanol–water partition coefficient (Wildman–Crippen LogP) is 3.35. The number of nitrogens with one attached hydrogen (secondary N) is 1. The van der Waals surface area contributed by atoms with Gasteiger partial charge < -0.3 is 5.11 Å². The summed E-state index contributed by atoms with van der Waals surface area (Å²) >= 11 is 7.20. The molecule has 0 atom stereocenters. The Bertz CT molecular complexity index is 617. The number of rotatable bonds is 7. The SMILES string of the molecule is O=NNC(=O)CN(Cc1ccc(Cl)cc1)Sc1ccc(O)cc1. The van der Waals surface area contributed by atoms with E-state index in [4.69, 9.17) is 11.6 Å². The molecule has 2 N–H and O–H groups in total. The van der Waals surface area contributed by atoms with Crippen molar-refractivity contribution in [2.45, 2.75) is 11.4 Å². The molecule has 0 aromatic heterocycles. The Kier molecular flexibility index (Phi) is 6.40. The molecule has 0 radical (unpaired) electrons. The first kappa shape index (κ1) is 17.3. The molecule has 0 aliphatic rings. The second-order valence-electron chi connectivity index (χ2n) is 4.64. The Morgan fingerprint density at radius 3 is 2.43 bits per heavy atom. The van der Waals surface area contributed by atoms with E-state index in [2.05, 4.69) is 5.29 Å². The maximum atomic E-state index is 11.6. The number of carbonyl (C=O) groups is 1. The monoisotopic (exact) mass is 351 g/mol. The summed E-state index contributed by atoms with van der Waals surface area (Å²) < 4.78 is 1.77. The van der Waals surface area contributed by atoms with E-state index < -0.39 is 5.91 Å². The number of amides is 1. The number of hydrogen-bond donors (Lipinski definition) is 2. The highest BCUT2D eigenvalue weighted by Gasteiger charge is 2.13. The number of nitroso groups, excluding NO2 is 1. The molecule has 0 saturated heterocycles. The number of carbonyl (C=O) groups excluding carboxylic acids is 1. The van der Waals surface area contributed by atoms with Gasteiger partial charge in [-0.3, -0.25) is 4.79 Å². The fourth-order valence-electron chi connectivity index (χ4n) is 1.82. The van der Waals surface area contributed by atoms with Gasteiger partial charge in [0.1, 0.15) is 5.75 Å². The van der Waals surface area contributed by atoms with Crippen LogP contribution in [0.25, 0.3) is 0 Å². The summed E-state index contributed by atoms with van der Waals surface area (Å²) in [6.45, 7) is 0.453. The van der Waals surface area contributed by atoms with E-state index in [1.807, 2.05) is 17.6 Å². The molecule has 23 heavy (non-hydrogen) atoms. The van der Waals surface area contributed by atoms with Gasteiger partial charge in [0, 0.05) is 16.5 Å². The molecule has 6 nitrogen and oxygen atoms in total. The smallest absolute Gasteiger partial charge is 0.257 e. The van der Waals surface area contributed by atoms with Crippen LogP contribution in [0, 0.1) is 4.91 Å². The quantitative estimate of drug-likeness (QED) is 0.454. The summed E-state index contributed by atoms with van der Waals surface area (Å²) in [5.41, 5.74) is 2.85. The van der Waals surface area contributed by atoms with Crippen molar-refractivity contribution < 1.29 is 9.90 Å². The summed E-state index contributed by atoms with van der Waals surface area (Å²) in [4.78, 5) is 22.6. The molecule has 1 amide bonds. The van der Waals surface area contributed by atoms with Gasteiger partial charge in [-0.1, -0.05) is 23.7 Å². The first-order valence-electron chi connectivity index (χ1n) is 6.64.